The van der Waals surface area contributed by atoms with Crippen molar-refractivity contribution in [1.82, 2.24) is 4.90 Å². The van der Waals surface area contributed by atoms with Crippen molar-refractivity contribution >= 4 is 5.91 Å². The molecule has 0 aliphatic carbocycles. The SMILES string of the molecule is CCN(CC)C(=O)C(CN)Cc1ccccc1COC. The fraction of sp³-hybridized carbons (Fsp3) is 0.562. The molecular formula is C16H26N2O2. The van der Waals surface area contributed by atoms with Crippen LogP contribution in [0.25, 0.3) is 0 Å². The van der Waals surface area contributed by atoms with Crippen molar-refractivity contribution < 1.29 is 9.53 Å². The number of ether oxygens (including phenoxy) is 1. The molecular weight excluding hydrogens is 252 g/mol. The number of carbonyl (C=O) groups excluding carboxylic acids is 1. The lowest BCUT2D eigenvalue weighted by Crippen LogP contribution is -2.40. The van der Waals surface area contributed by atoms with Gasteiger partial charge < -0.3 is 15.4 Å². The molecule has 0 saturated carbocycles. The lowest BCUT2D eigenvalue weighted by Gasteiger charge is -2.25. The Morgan fingerprint density at radius 2 is 1.85 bits per heavy atom. The third-order valence-corrected chi connectivity index (χ3v) is 3.59. The van der Waals surface area contributed by atoms with E-state index < -0.39 is 0 Å². The minimum absolute atomic E-state index is 0.143. The van der Waals surface area contributed by atoms with Gasteiger partial charge in [-0.3, -0.25) is 4.79 Å². The van der Waals surface area contributed by atoms with Crippen LogP contribution in [0.1, 0.15) is 25.0 Å². The summed E-state index contributed by atoms with van der Waals surface area (Å²) in [6.45, 7) is 6.38. The van der Waals surface area contributed by atoms with Gasteiger partial charge in [0.1, 0.15) is 0 Å². The maximum absolute atomic E-state index is 12.4. The van der Waals surface area contributed by atoms with Gasteiger partial charge in [-0.15, -0.1) is 0 Å². The minimum atomic E-state index is -0.159. The van der Waals surface area contributed by atoms with Gasteiger partial charge in [-0.1, -0.05) is 24.3 Å². The fourth-order valence-electron chi connectivity index (χ4n) is 2.38. The van der Waals surface area contributed by atoms with Gasteiger partial charge in [-0.05, 0) is 31.4 Å². The third-order valence-electron chi connectivity index (χ3n) is 3.59. The highest BCUT2D eigenvalue weighted by Crippen LogP contribution is 2.16. The second-order valence-electron chi connectivity index (χ2n) is 4.85. The van der Waals surface area contributed by atoms with Crippen molar-refractivity contribution in [3.63, 3.8) is 0 Å². The van der Waals surface area contributed by atoms with Crippen molar-refractivity contribution in [3.8, 4) is 0 Å². The maximum Gasteiger partial charge on any atom is 0.227 e. The summed E-state index contributed by atoms with van der Waals surface area (Å²) in [6, 6.07) is 8.06. The molecule has 0 spiro atoms. The molecule has 1 atom stereocenters. The van der Waals surface area contributed by atoms with Crippen LogP contribution in [-0.4, -0.2) is 37.6 Å². The highest BCUT2D eigenvalue weighted by molar-refractivity contribution is 5.79. The molecule has 1 rings (SSSR count). The van der Waals surface area contributed by atoms with Crippen molar-refractivity contribution in [3.05, 3.63) is 35.4 Å². The molecule has 112 valence electrons. The zero-order chi connectivity index (χ0) is 15.0. The van der Waals surface area contributed by atoms with Crippen LogP contribution in [0.4, 0.5) is 0 Å². The first-order valence-corrected chi connectivity index (χ1v) is 7.22. The summed E-state index contributed by atoms with van der Waals surface area (Å²) in [5.41, 5.74) is 8.08. The number of hydrogen-bond donors (Lipinski definition) is 1. The van der Waals surface area contributed by atoms with Crippen LogP contribution in [0, 0.1) is 5.92 Å². The molecule has 4 heteroatoms. The highest BCUT2D eigenvalue weighted by atomic mass is 16.5. The van der Waals surface area contributed by atoms with E-state index in [2.05, 4.69) is 0 Å². The molecule has 0 aliphatic heterocycles. The number of amides is 1. The summed E-state index contributed by atoms with van der Waals surface area (Å²) < 4.78 is 5.21. The Balaban J connectivity index is 2.85. The second-order valence-corrected chi connectivity index (χ2v) is 4.85. The lowest BCUT2D eigenvalue weighted by atomic mass is 9.94. The zero-order valence-corrected chi connectivity index (χ0v) is 12.8. The van der Waals surface area contributed by atoms with E-state index in [9.17, 15) is 4.79 Å². The summed E-state index contributed by atoms with van der Waals surface area (Å²) in [4.78, 5) is 14.3. The predicted molar refractivity (Wildman–Crippen MR) is 81.3 cm³/mol. The van der Waals surface area contributed by atoms with Crippen molar-refractivity contribution in [1.29, 1.82) is 0 Å². The molecule has 20 heavy (non-hydrogen) atoms. The van der Waals surface area contributed by atoms with E-state index in [4.69, 9.17) is 10.5 Å². The molecule has 1 aromatic rings. The maximum atomic E-state index is 12.4. The highest BCUT2D eigenvalue weighted by Gasteiger charge is 2.22. The van der Waals surface area contributed by atoms with Gasteiger partial charge in [0.05, 0.1) is 12.5 Å². The number of nitrogens with zero attached hydrogens (tertiary/aromatic N) is 1. The molecule has 0 radical (unpaired) electrons. The fourth-order valence-corrected chi connectivity index (χ4v) is 2.38. The van der Waals surface area contributed by atoms with Gasteiger partial charge in [0.25, 0.3) is 0 Å². The Morgan fingerprint density at radius 3 is 2.35 bits per heavy atom. The monoisotopic (exact) mass is 278 g/mol. The van der Waals surface area contributed by atoms with E-state index in [0.29, 0.717) is 19.6 Å². The number of carbonyl (C=O) groups is 1. The Hall–Kier alpha value is -1.39. The lowest BCUT2D eigenvalue weighted by molar-refractivity contribution is -0.134. The Bertz CT molecular complexity index is 417. The molecule has 0 aromatic heterocycles. The van der Waals surface area contributed by atoms with Gasteiger partial charge >= 0.3 is 0 Å². The van der Waals surface area contributed by atoms with E-state index >= 15 is 0 Å². The van der Waals surface area contributed by atoms with E-state index in [1.54, 1.807) is 7.11 Å². The minimum Gasteiger partial charge on any atom is -0.380 e. The first kappa shape index (κ1) is 16.7. The summed E-state index contributed by atoms with van der Waals surface area (Å²) in [5.74, 6) is -0.0161. The van der Waals surface area contributed by atoms with Gasteiger partial charge in [0, 0.05) is 26.7 Å². The molecule has 1 unspecified atom stereocenters. The molecule has 1 aromatic carbocycles. The van der Waals surface area contributed by atoms with Crippen LogP contribution in [0.2, 0.25) is 0 Å². The van der Waals surface area contributed by atoms with Gasteiger partial charge in [-0.25, -0.2) is 0 Å². The summed E-state index contributed by atoms with van der Waals surface area (Å²) in [6.07, 6.45) is 0.672. The Labute approximate surface area is 121 Å². The molecule has 0 heterocycles. The second kappa shape index (κ2) is 8.72. The first-order valence-electron chi connectivity index (χ1n) is 7.22. The molecule has 0 fully saturated rings. The molecule has 0 saturated heterocycles. The number of rotatable bonds is 8. The normalized spacial score (nSPS) is 12.2. The van der Waals surface area contributed by atoms with Crippen LogP contribution in [0.15, 0.2) is 24.3 Å². The average Bonchev–Trinajstić information content (AvgIpc) is 2.47. The largest absolute Gasteiger partial charge is 0.380 e. The van der Waals surface area contributed by atoms with E-state index in [-0.39, 0.29) is 11.8 Å². The summed E-state index contributed by atoms with van der Waals surface area (Å²) in [7, 11) is 1.68. The van der Waals surface area contributed by atoms with Crippen LogP contribution in [0.5, 0.6) is 0 Å². The topological polar surface area (TPSA) is 55.6 Å². The van der Waals surface area contributed by atoms with Crippen LogP contribution in [0.3, 0.4) is 0 Å². The molecule has 0 aliphatic rings. The smallest absolute Gasteiger partial charge is 0.227 e. The van der Waals surface area contributed by atoms with Crippen molar-refractivity contribution in [2.24, 2.45) is 11.7 Å². The predicted octanol–water partition coefficient (Wildman–Crippen LogP) is 1.82. The summed E-state index contributed by atoms with van der Waals surface area (Å²) in [5, 5.41) is 0. The standard InChI is InChI=1S/C16H26N2O2/c1-4-18(5-2)16(19)15(11-17)10-13-8-6-7-9-14(13)12-20-3/h6-9,15H,4-5,10-12,17H2,1-3H3. The van der Waals surface area contributed by atoms with E-state index in [1.165, 1.54) is 0 Å². The van der Waals surface area contributed by atoms with Crippen molar-refractivity contribution in [2.45, 2.75) is 26.9 Å². The average molecular weight is 278 g/mol. The van der Waals surface area contributed by atoms with Gasteiger partial charge in [0.2, 0.25) is 5.91 Å². The molecule has 0 bridgehead atoms. The Kier molecular flexibility index (Phi) is 7.26. The number of benzene rings is 1. The third kappa shape index (κ3) is 4.32. The number of hydrogen-bond acceptors (Lipinski definition) is 3. The van der Waals surface area contributed by atoms with Crippen molar-refractivity contribution in [2.75, 3.05) is 26.7 Å². The summed E-state index contributed by atoms with van der Waals surface area (Å²) >= 11 is 0. The molecule has 1 amide bonds. The molecule has 2 N–H and O–H groups in total. The molecule has 4 nitrogen and oxygen atoms in total. The number of methoxy groups -OCH3 is 1. The van der Waals surface area contributed by atoms with Crippen LogP contribution < -0.4 is 5.73 Å². The van der Waals surface area contributed by atoms with Crippen LogP contribution >= 0.6 is 0 Å². The quantitative estimate of drug-likeness (QED) is 0.789. The van der Waals surface area contributed by atoms with E-state index in [0.717, 1.165) is 24.2 Å². The van der Waals surface area contributed by atoms with E-state index in [1.807, 2.05) is 43.0 Å². The van der Waals surface area contributed by atoms with Crippen LogP contribution in [-0.2, 0) is 22.6 Å². The van der Waals surface area contributed by atoms with Gasteiger partial charge in [0.15, 0.2) is 0 Å². The zero-order valence-electron chi connectivity index (χ0n) is 12.8. The Morgan fingerprint density at radius 1 is 1.25 bits per heavy atom. The first-order chi connectivity index (χ1) is 9.67. The van der Waals surface area contributed by atoms with Gasteiger partial charge in [-0.2, -0.15) is 0 Å². The number of nitrogens with two attached hydrogens (primary N) is 1.